The Balaban J connectivity index is 2.00. The van der Waals surface area contributed by atoms with E-state index in [9.17, 15) is 9.18 Å². The average molecular weight is 305 g/mol. The molecule has 0 bridgehead atoms. The molecule has 2 heterocycles. The van der Waals surface area contributed by atoms with E-state index in [0.717, 1.165) is 6.42 Å². The van der Waals surface area contributed by atoms with Gasteiger partial charge < -0.3 is 14.2 Å². The second-order valence-corrected chi connectivity index (χ2v) is 6.94. The molecule has 6 heteroatoms. The normalized spacial score (nSPS) is 23.4. The van der Waals surface area contributed by atoms with Crippen LogP contribution in [0.4, 0.5) is 10.1 Å². The van der Waals surface area contributed by atoms with E-state index in [4.69, 9.17) is 9.31 Å². The summed E-state index contributed by atoms with van der Waals surface area (Å²) in [6.45, 7) is 8.48. The molecule has 2 saturated heterocycles. The zero-order valence-electron chi connectivity index (χ0n) is 13.5. The van der Waals surface area contributed by atoms with Gasteiger partial charge >= 0.3 is 7.12 Å². The Labute approximate surface area is 130 Å². The van der Waals surface area contributed by atoms with Crippen molar-refractivity contribution >= 4 is 24.2 Å². The zero-order valence-corrected chi connectivity index (χ0v) is 13.5. The summed E-state index contributed by atoms with van der Waals surface area (Å²) in [5.41, 5.74) is 0.313. The van der Waals surface area contributed by atoms with Gasteiger partial charge in [-0.25, -0.2) is 4.39 Å². The van der Waals surface area contributed by atoms with Crippen molar-refractivity contribution in [3.63, 3.8) is 0 Å². The van der Waals surface area contributed by atoms with E-state index in [1.54, 1.807) is 11.0 Å². The van der Waals surface area contributed by atoms with Crippen LogP contribution in [0.2, 0.25) is 0 Å². The van der Waals surface area contributed by atoms with Gasteiger partial charge in [-0.05, 0) is 46.2 Å². The van der Waals surface area contributed by atoms with Crippen LogP contribution < -0.4 is 10.4 Å². The van der Waals surface area contributed by atoms with E-state index >= 15 is 0 Å². The van der Waals surface area contributed by atoms with Gasteiger partial charge in [-0.2, -0.15) is 0 Å². The van der Waals surface area contributed by atoms with Gasteiger partial charge in [0.25, 0.3) is 0 Å². The predicted octanol–water partition coefficient (Wildman–Crippen LogP) is 2.25. The molecule has 1 aromatic carbocycles. The van der Waals surface area contributed by atoms with Crippen LogP contribution in [0.25, 0.3) is 0 Å². The highest BCUT2D eigenvalue weighted by Gasteiger charge is 2.52. The number of amides is 1. The first kappa shape index (κ1) is 15.5. The summed E-state index contributed by atoms with van der Waals surface area (Å²) >= 11 is 0. The van der Waals surface area contributed by atoms with Crippen molar-refractivity contribution in [3.8, 4) is 0 Å². The van der Waals surface area contributed by atoms with E-state index in [0.29, 0.717) is 24.1 Å². The molecule has 1 aromatic rings. The number of benzene rings is 1. The quantitative estimate of drug-likeness (QED) is 0.787. The maximum Gasteiger partial charge on any atom is 0.496 e. The van der Waals surface area contributed by atoms with Gasteiger partial charge in [0.05, 0.1) is 11.2 Å². The number of rotatable bonds is 2. The largest absolute Gasteiger partial charge is 0.496 e. The number of carbonyl (C=O) groups excluding carboxylic acids is 1. The molecule has 0 atom stereocenters. The molecule has 0 aromatic heterocycles. The highest BCUT2D eigenvalue weighted by Crippen LogP contribution is 2.37. The minimum Gasteiger partial charge on any atom is -0.399 e. The number of carbonyl (C=O) groups is 1. The predicted molar refractivity (Wildman–Crippen MR) is 83.7 cm³/mol. The van der Waals surface area contributed by atoms with Gasteiger partial charge in [-0.3, -0.25) is 4.79 Å². The summed E-state index contributed by atoms with van der Waals surface area (Å²) in [6.07, 6.45) is 1.29. The summed E-state index contributed by atoms with van der Waals surface area (Å²) in [5, 5.41) is 0. The lowest BCUT2D eigenvalue weighted by Gasteiger charge is -2.32. The minimum absolute atomic E-state index is 0.0170. The third kappa shape index (κ3) is 2.44. The molecule has 2 aliphatic rings. The molecule has 0 aliphatic carbocycles. The van der Waals surface area contributed by atoms with E-state index < -0.39 is 18.3 Å². The first-order valence-corrected chi connectivity index (χ1v) is 7.67. The first-order valence-electron chi connectivity index (χ1n) is 7.67. The van der Waals surface area contributed by atoms with Crippen molar-refractivity contribution in [1.29, 1.82) is 0 Å². The number of nitrogens with zero attached hydrogens (tertiary/aromatic N) is 1. The summed E-state index contributed by atoms with van der Waals surface area (Å²) in [4.78, 5) is 13.7. The lowest BCUT2D eigenvalue weighted by atomic mass is 9.77. The standard InChI is InChI=1S/C16H21BFNO3/c1-15(2)16(3,4)22-17(21-15)12-8-7-11(18)10-13(12)19-9-5-6-14(19)20/h7-8,10H,5-6,9H2,1-4H3. The molecule has 4 nitrogen and oxygen atoms in total. The average Bonchev–Trinajstić information content (AvgIpc) is 2.91. The Bertz CT molecular complexity index is 601. The maximum atomic E-state index is 13.7. The first-order chi connectivity index (χ1) is 10.2. The Morgan fingerprint density at radius 3 is 2.36 bits per heavy atom. The van der Waals surface area contributed by atoms with Crippen LogP contribution in [0.3, 0.4) is 0 Å². The summed E-state index contributed by atoms with van der Waals surface area (Å²) in [6, 6.07) is 4.42. The second kappa shape index (κ2) is 5.06. The number of hydrogen-bond donors (Lipinski definition) is 0. The Kier molecular flexibility index (Phi) is 3.57. The Morgan fingerprint density at radius 1 is 1.18 bits per heavy atom. The molecule has 3 rings (SSSR count). The Morgan fingerprint density at radius 2 is 1.82 bits per heavy atom. The Hall–Kier alpha value is -1.40. The molecular weight excluding hydrogens is 284 g/mol. The van der Waals surface area contributed by atoms with E-state index in [-0.39, 0.29) is 11.7 Å². The van der Waals surface area contributed by atoms with Crippen LogP contribution >= 0.6 is 0 Å². The molecule has 2 fully saturated rings. The second-order valence-electron chi connectivity index (χ2n) is 6.94. The minimum atomic E-state index is -0.603. The van der Waals surface area contributed by atoms with Gasteiger partial charge in [-0.1, -0.05) is 6.07 Å². The summed E-state index contributed by atoms with van der Waals surface area (Å²) in [5.74, 6) is -0.349. The van der Waals surface area contributed by atoms with Crippen molar-refractivity contribution in [2.75, 3.05) is 11.4 Å². The third-order valence-electron chi connectivity index (χ3n) is 4.86. The topological polar surface area (TPSA) is 38.8 Å². The van der Waals surface area contributed by atoms with Crippen LogP contribution in [-0.2, 0) is 14.1 Å². The van der Waals surface area contributed by atoms with Crippen molar-refractivity contribution in [1.82, 2.24) is 0 Å². The smallest absolute Gasteiger partial charge is 0.399 e. The fourth-order valence-corrected chi connectivity index (χ4v) is 2.82. The zero-order chi connectivity index (χ0) is 16.1. The fourth-order valence-electron chi connectivity index (χ4n) is 2.82. The molecule has 118 valence electrons. The molecule has 0 spiro atoms. The molecule has 22 heavy (non-hydrogen) atoms. The molecule has 0 saturated carbocycles. The highest BCUT2D eigenvalue weighted by atomic mass is 19.1. The van der Waals surface area contributed by atoms with Crippen molar-refractivity contribution in [2.45, 2.75) is 51.7 Å². The number of hydrogen-bond acceptors (Lipinski definition) is 3. The van der Waals surface area contributed by atoms with Crippen LogP contribution in [0, 0.1) is 5.82 Å². The van der Waals surface area contributed by atoms with Gasteiger partial charge in [0.2, 0.25) is 5.91 Å². The van der Waals surface area contributed by atoms with Crippen LogP contribution in [-0.4, -0.2) is 30.8 Å². The monoisotopic (exact) mass is 305 g/mol. The van der Waals surface area contributed by atoms with Crippen LogP contribution in [0.15, 0.2) is 18.2 Å². The fraction of sp³-hybridized carbons (Fsp3) is 0.562. The summed E-state index contributed by atoms with van der Waals surface area (Å²) < 4.78 is 25.8. The van der Waals surface area contributed by atoms with E-state index in [1.807, 2.05) is 27.7 Å². The van der Waals surface area contributed by atoms with Crippen LogP contribution in [0.5, 0.6) is 0 Å². The van der Waals surface area contributed by atoms with Crippen molar-refractivity contribution in [3.05, 3.63) is 24.0 Å². The van der Waals surface area contributed by atoms with Gasteiger partial charge in [0.1, 0.15) is 5.82 Å². The maximum absolute atomic E-state index is 13.7. The molecule has 2 aliphatic heterocycles. The van der Waals surface area contributed by atoms with Gasteiger partial charge in [0.15, 0.2) is 0 Å². The highest BCUT2D eigenvalue weighted by molar-refractivity contribution is 6.64. The van der Waals surface area contributed by atoms with Crippen molar-refractivity contribution < 1.29 is 18.5 Å². The van der Waals surface area contributed by atoms with Gasteiger partial charge in [0, 0.05) is 24.1 Å². The molecule has 0 N–H and O–H groups in total. The molecular formula is C16H21BFNO3. The summed E-state index contributed by atoms with van der Waals surface area (Å²) in [7, 11) is -0.603. The SMILES string of the molecule is CC1(C)OB(c2ccc(F)cc2N2CCCC2=O)OC1(C)C. The molecule has 0 radical (unpaired) electrons. The van der Waals surface area contributed by atoms with E-state index in [1.165, 1.54) is 12.1 Å². The van der Waals surface area contributed by atoms with Crippen molar-refractivity contribution in [2.24, 2.45) is 0 Å². The molecule has 1 amide bonds. The lowest BCUT2D eigenvalue weighted by molar-refractivity contribution is -0.117. The van der Waals surface area contributed by atoms with Crippen LogP contribution in [0.1, 0.15) is 40.5 Å². The van der Waals surface area contributed by atoms with E-state index in [2.05, 4.69) is 0 Å². The molecule has 0 unspecified atom stereocenters. The number of halogens is 1. The number of anilines is 1. The van der Waals surface area contributed by atoms with Gasteiger partial charge in [-0.15, -0.1) is 0 Å². The lowest BCUT2D eigenvalue weighted by Crippen LogP contribution is -2.41. The third-order valence-corrected chi connectivity index (χ3v) is 4.86.